The summed E-state index contributed by atoms with van der Waals surface area (Å²) in [4.78, 5) is 0. The molecule has 1 heterocycles. The first kappa shape index (κ1) is 21.1. The summed E-state index contributed by atoms with van der Waals surface area (Å²) in [5.41, 5.74) is 7.68. The lowest BCUT2D eigenvalue weighted by atomic mass is 9.92. The Morgan fingerprint density at radius 2 is 1.59 bits per heavy atom. The fraction of sp³-hybridized carbons (Fsp3) is 0.300. The topological polar surface area (TPSA) is 3.88 Å². The van der Waals surface area contributed by atoms with Crippen LogP contribution in [0.5, 0.6) is 0 Å². The highest BCUT2D eigenvalue weighted by molar-refractivity contribution is 7.00. The van der Waals surface area contributed by atoms with E-state index in [4.69, 9.17) is 1.37 Å². The van der Waals surface area contributed by atoms with Gasteiger partial charge in [-0.3, -0.25) is 0 Å². The Morgan fingerprint density at radius 3 is 2.25 bits per heavy atom. The fourth-order valence-corrected chi connectivity index (χ4v) is 7.24. The van der Waals surface area contributed by atoms with E-state index in [2.05, 4.69) is 113 Å². The Balaban J connectivity index is 2.03. The third-order valence-electron chi connectivity index (χ3n) is 7.27. The normalized spacial score (nSPS) is 12.3. The first-order valence-electron chi connectivity index (χ1n) is 12.3. The lowest BCUT2D eigenvalue weighted by Crippen LogP contribution is -2.52. The molecule has 4 rings (SSSR count). The highest BCUT2D eigenvalue weighted by atomic mass is 28.3. The van der Waals surface area contributed by atoms with E-state index in [0.717, 1.165) is 23.9 Å². The van der Waals surface area contributed by atoms with Crippen LogP contribution in [0.15, 0.2) is 66.7 Å². The quantitative estimate of drug-likeness (QED) is 0.269. The van der Waals surface area contributed by atoms with Crippen LogP contribution in [-0.4, -0.2) is 8.07 Å². The average Bonchev–Trinajstić information content (AvgIpc) is 2.84. The van der Waals surface area contributed by atoms with Crippen LogP contribution in [0, 0.1) is 13.8 Å². The molecule has 164 valence electrons. The van der Waals surface area contributed by atoms with Gasteiger partial charge < -0.3 is 0 Å². The van der Waals surface area contributed by atoms with E-state index in [-0.39, 0.29) is 0 Å². The molecule has 0 saturated heterocycles. The zero-order chi connectivity index (χ0) is 23.9. The van der Waals surface area contributed by atoms with E-state index in [1.54, 1.807) is 0 Å². The van der Waals surface area contributed by atoms with Crippen LogP contribution >= 0.6 is 0 Å². The van der Waals surface area contributed by atoms with E-state index in [0.29, 0.717) is 6.04 Å². The van der Waals surface area contributed by atoms with Gasteiger partial charge in [-0.05, 0) is 54.0 Å². The summed E-state index contributed by atoms with van der Waals surface area (Å²) in [5.74, 6) is 0. The van der Waals surface area contributed by atoms with Gasteiger partial charge in [0.2, 0.25) is 5.69 Å². The number of fused-ring (bicyclic) bond motifs is 1. The minimum absolute atomic E-state index is 0.635. The molecule has 32 heavy (non-hydrogen) atoms. The van der Waals surface area contributed by atoms with Crippen LogP contribution in [0.3, 0.4) is 0 Å². The molecule has 0 spiro atoms. The van der Waals surface area contributed by atoms with Crippen molar-refractivity contribution in [3.63, 3.8) is 0 Å². The molecule has 0 aliphatic heterocycles. The van der Waals surface area contributed by atoms with Crippen molar-refractivity contribution in [3.05, 3.63) is 89.1 Å². The smallest absolute Gasteiger partial charge is 0.198 e. The number of pyridine rings is 1. The maximum absolute atomic E-state index is 9.00. The molecule has 0 bridgehead atoms. The number of aromatic nitrogens is 1. The molecule has 2 heteroatoms. The van der Waals surface area contributed by atoms with Gasteiger partial charge in [0.05, 0.1) is 12.3 Å². The largest absolute Gasteiger partial charge is 0.220 e. The molecule has 0 unspecified atom stereocenters. The van der Waals surface area contributed by atoms with Gasteiger partial charge >= 0.3 is 0 Å². The molecule has 0 radical (unpaired) electrons. The first-order chi connectivity index (χ1) is 15.7. The number of benzene rings is 3. The van der Waals surface area contributed by atoms with Crippen LogP contribution < -0.4 is 14.9 Å². The third-order valence-corrected chi connectivity index (χ3v) is 10.8. The van der Waals surface area contributed by atoms with Gasteiger partial charge in [-0.2, -0.15) is 4.57 Å². The van der Waals surface area contributed by atoms with Gasteiger partial charge in [0.1, 0.15) is 15.1 Å². The second-order valence-electron chi connectivity index (χ2n) is 9.50. The standard InChI is InChI=1S/C30H36NSi/c1-8-23-18-24(9-2)22(4)29(19-23)30-28-16-15-27(20-25(28)17-21(3)31(30)5)32(6,7)26-13-11-10-12-14-26/h10-20H,8-9H2,1-7H3/q+1/i17D. The molecule has 0 amide bonds. The molecule has 0 N–H and O–H groups in total. The van der Waals surface area contributed by atoms with Gasteiger partial charge in [0.15, 0.2) is 5.69 Å². The van der Waals surface area contributed by atoms with Crippen LogP contribution in [-0.2, 0) is 19.9 Å². The van der Waals surface area contributed by atoms with Crippen LogP contribution in [0.25, 0.3) is 22.0 Å². The molecule has 0 fully saturated rings. The summed E-state index contributed by atoms with van der Waals surface area (Å²) in [6.45, 7) is 13.6. The van der Waals surface area contributed by atoms with Crippen molar-refractivity contribution in [2.45, 2.75) is 53.6 Å². The fourth-order valence-electron chi connectivity index (χ4n) is 4.87. The summed E-state index contributed by atoms with van der Waals surface area (Å²) in [5, 5.41) is 5.04. The summed E-state index contributed by atoms with van der Waals surface area (Å²) in [7, 11) is 0.260. The van der Waals surface area contributed by atoms with E-state index in [1.165, 1.54) is 43.7 Å². The molecule has 0 aliphatic carbocycles. The molecule has 3 aromatic carbocycles. The zero-order valence-electron chi connectivity index (χ0n) is 21.6. The maximum atomic E-state index is 9.00. The minimum Gasteiger partial charge on any atom is -0.198 e. The second-order valence-corrected chi connectivity index (χ2v) is 13.9. The van der Waals surface area contributed by atoms with E-state index < -0.39 is 8.07 Å². The summed E-state index contributed by atoms with van der Waals surface area (Å²) < 4.78 is 11.2. The Labute approximate surface area is 196 Å². The zero-order valence-corrected chi connectivity index (χ0v) is 21.6. The number of aryl methyl sites for hydroxylation is 2. The van der Waals surface area contributed by atoms with Crippen molar-refractivity contribution < 1.29 is 5.94 Å². The molecule has 1 aromatic heterocycles. The van der Waals surface area contributed by atoms with Crippen LogP contribution in [0.1, 0.15) is 37.6 Å². The summed E-state index contributed by atoms with van der Waals surface area (Å²) in [6, 6.07) is 23.1. The molecule has 0 saturated carbocycles. The lowest BCUT2D eigenvalue weighted by Gasteiger charge is -2.24. The number of hydrogen-bond donors (Lipinski definition) is 0. The predicted molar refractivity (Wildman–Crippen MR) is 142 cm³/mol. The summed E-state index contributed by atoms with van der Waals surface area (Å²) >= 11 is 0. The van der Waals surface area contributed by atoms with Gasteiger partial charge in [0, 0.05) is 13.0 Å². The molecule has 0 atom stereocenters. The Kier molecular flexibility index (Phi) is 5.73. The van der Waals surface area contributed by atoms with E-state index in [1.807, 2.05) is 0 Å². The molecular weight excluding hydrogens is 402 g/mol. The monoisotopic (exact) mass is 439 g/mol. The SMILES string of the molecule is [2H]c1c(C)[n+](C)c(-c2cc(CC)cc(CC)c2C)c2ccc([Si](C)(C)c3ccccc3)cc12. The highest BCUT2D eigenvalue weighted by Gasteiger charge is 2.27. The molecule has 1 nitrogen and oxygen atoms in total. The predicted octanol–water partition coefficient (Wildman–Crippen LogP) is 5.90. The number of rotatable bonds is 5. The maximum Gasteiger partial charge on any atom is 0.220 e. The van der Waals surface area contributed by atoms with Crippen LogP contribution in [0.4, 0.5) is 0 Å². The minimum atomic E-state index is -1.85. The second kappa shape index (κ2) is 8.67. The Hall–Kier alpha value is -2.71. The Bertz CT molecular complexity index is 1340. The third kappa shape index (κ3) is 3.82. The van der Waals surface area contributed by atoms with Crippen molar-refractivity contribution in [2.24, 2.45) is 7.05 Å². The van der Waals surface area contributed by atoms with E-state index in [9.17, 15) is 0 Å². The van der Waals surface area contributed by atoms with Gasteiger partial charge in [-0.25, -0.2) is 0 Å². The number of nitrogens with zero attached hydrogens (tertiary/aromatic N) is 1. The highest BCUT2D eigenvalue weighted by Crippen LogP contribution is 2.32. The van der Waals surface area contributed by atoms with Crippen molar-refractivity contribution in [1.82, 2.24) is 0 Å². The van der Waals surface area contributed by atoms with Gasteiger partial charge in [-0.15, -0.1) is 0 Å². The van der Waals surface area contributed by atoms with Gasteiger partial charge in [0.25, 0.3) is 0 Å². The average molecular weight is 440 g/mol. The number of hydrogen-bond acceptors (Lipinski definition) is 0. The van der Waals surface area contributed by atoms with Gasteiger partial charge in [-0.1, -0.05) is 85.8 Å². The molecule has 0 aliphatic rings. The van der Waals surface area contributed by atoms with E-state index >= 15 is 0 Å². The van der Waals surface area contributed by atoms with Crippen molar-refractivity contribution in [2.75, 3.05) is 0 Å². The lowest BCUT2D eigenvalue weighted by molar-refractivity contribution is -0.665. The first-order valence-corrected chi connectivity index (χ1v) is 14.8. The van der Waals surface area contributed by atoms with Crippen LogP contribution in [0.2, 0.25) is 13.1 Å². The van der Waals surface area contributed by atoms with Crippen molar-refractivity contribution in [3.8, 4) is 11.3 Å². The summed E-state index contributed by atoms with van der Waals surface area (Å²) in [6.07, 6.45) is 2.06. The van der Waals surface area contributed by atoms with Crippen molar-refractivity contribution >= 4 is 29.2 Å². The molecule has 4 aromatic rings. The molecular formula is C30H36NSi+. The van der Waals surface area contributed by atoms with Crippen molar-refractivity contribution in [1.29, 1.82) is 0 Å². The Morgan fingerprint density at radius 1 is 0.875 bits per heavy atom.